The van der Waals surface area contributed by atoms with Crippen LogP contribution in [0.4, 0.5) is 11.4 Å². The second kappa shape index (κ2) is 10.8. The van der Waals surface area contributed by atoms with Crippen molar-refractivity contribution in [1.82, 2.24) is 13.7 Å². The molecule has 5 rings (SSSR count). The number of anilines is 2. The number of nitrogens with zero attached hydrogens (tertiary/aromatic N) is 4. The Kier molecular flexibility index (Phi) is 7.22. The maximum absolute atomic E-state index is 13.4. The molecule has 204 valence electrons. The van der Waals surface area contributed by atoms with E-state index in [1.165, 1.54) is 20.3 Å². The van der Waals surface area contributed by atoms with E-state index in [1.54, 1.807) is 40.6 Å². The van der Waals surface area contributed by atoms with Gasteiger partial charge in [0.2, 0.25) is 5.78 Å². The molecule has 0 spiro atoms. The number of allylic oxidation sites excluding steroid dienone is 2. The van der Waals surface area contributed by atoms with Crippen LogP contribution in [0.2, 0.25) is 0 Å². The third-order valence-corrected chi connectivity index (χ3v) is 6.50. The minimum absolute atomic E-state index is 0.105. The standard InChI is InChI=1S/C27H30N6O6/c1-5-39-27(36)22-9-18(13-33(22)15-38-4)30-26(35)21-8-17(12-32(21)14-37-3)29-20-10-19-23-16(6-7-28-19)11-31(2)24(23)25(20)34/h8-13,29H,5-7,14-15H2,1-4H3,(H,30,35). The third kappa shape index (κ3) is 4.91. The van der Waals surface area contributed by atoms with Crippen molar-refractivity contribution in [3.05, 3.63) is 70.7 Å². The van der Waals surface area contributed by atoms with E-state index >= 15 is 0 Å². The maximum atomic E-state index is 13.4. The number of nitrogens with one attached hydrogen (secondary N) is 2. The normalized spacial score (nSPS) is 14.0. The molecule has 0 unspecified atom stereocenters. The fourth-order valence-corrected chi connectivity index (χ4v) is 4.92. The predicted octanol–water partition coefficient (Wildman–Crippen LogP) is 2.80. The van der Waals surface area contributed by atoms with Gasteiger partial charge in [0.1, 0.15) is 30.5 Å². The van der Waals surface area contributed by atoms with Gasteiger partial charge in [0.15, 0.2) is 0 Å². The number of aryl methyl sites for hydroxylation is 1. The van der Waals surface area contributed by atoms with E-state index in [2.05, 4.69) is 15.6 Å². The van der Waals surface area contributed by atoms with E-state index in [-0.39, 0.29) is 37.2 Å². The Morgan fingerprint density at radius 1 is 1.03 bits per heavy atom. The number of aromatic nitrogens is 3. The average Bonchev–Trinajstić information content (AvgIpc) is 3.58. The van der Waals surface area contributed by atoms with Crippen molar-refractivity contribution < 1.29 is 28.6 Å². The maximum Gasteiger partial charge on any atom is 0.355 e. The predicted molar refractivity (Wildman–Crippen MR) is 143 cm³/mol. The fraction of sp³-hybridized carbons (Fsp3) is 0.333. The van der Waals surface area contributed by atoms with E-state index in [0.29, 0.717) is 29.3 Å². The van der Waals surface area contributed by atoms with Gasteiger partial charge < -0.3 is 38.5 Å². The molecule has 1 amide bonds. The molecular formula is C27H30N6O6. The smallest absolute Gasteiger partial charge is 0.355 e. The molecule has 0 atom stereocenters. The first kappa shape index (κ1) is 26.2. The van der Waals surface area contributed by atoms with Crippen molar-refractivity contribution in [2.24, 2.45) is 12.0 Å². The lowest BCUT2D eigenvalue weighted by Gasteiger charge is -2.20. The minimum Gasteiger partial charge on any atom is -0.461 e. The van der Waals surface area contributed by atoms with Gasteiger partial charge in [0.25, 0.3) is 5.91 Å². The highest BCUT2D eigenvalue weighted by Crippen LogP contribution is 2.30. The molecule has 12 heteroatoms. The van der Waals surface area contributed by atoms with E-state index in [1.807, 2.05) is 17.8 Å². The molecule has 0 saturated heterocycles. The van der Waals surface area contributed by atoms with Gasteiger partial charge in [0, 0.05) is 52.0 Å². The summed E-state index contributed by atoms with van der Waals surface area (Å²) in [5.74, 6) is -1.10. The van der Waals surface area contributed by atoms with Crippen LogP contribution in [0.3, 0.4) is 0 Å². The number of Topliss-reactive ketones (excluding diaryl/α,β-unsaturated/α-hetero) is 1. The molecule has 1 aliphatic carbocycles. The number of ketones is 1. The summed E-state index contributed by atoms with van der Waals surface area (Å²) in [6, 6.07) is 3.16. The molecule has 3 aromatic rings. The summed E-state index contributed by atoms with van der Waals surface area (Å²) in [6.07, 6.45) is 7.85. The number of hydrogen-bond acceptors (Lipinski definition) is 8. The van der Waals surface area contributed by atoms with Crippen LogP contribution < -0.4 is 10.6 Å². The topological polar surface area (TPSA) is 130 Å². The van der Waals surface area contributed by atoms with E-state index in [4.69, 9.17) is 14.2 Å². The first-order chi connectivity index (χ1) is 18.8. The molecule has 1 aliphatic heterocycles. The Morgan fingerprint density at radius 3 is 2.44 bits per heavy atom. The van der Waals surface area contributed by atoms with Gasteiger partial charge in [-0.2, -0.15) is 0 Å². The number of aliphatic imine (C=N–C) groups is 1. The fourth-order valence-electron chi connectivity index (χ4n) is 4.92. The van der Waals surface area contributed by atoms with Crippen LogP contribution >= 0.6 is 0 Å². The van der Waals surface area contributed by atoms with Crippen molar-refractivity contribution in [3.8, 4) is 0 Å². The highest BCUT2D eigenvalue weighted by molar-refractivity contribution is 6.27. The van der Waals surface area contributed by atoms with Crippen LogP contribution in [-0.2, 0) is 41.1 Å². The molecule has 0 aromatic carbocycles. The molecule has 0 bridgehead atoms. The average molecular weight is 535 g/mol. The van der Waals surface area contributed by atoms with Gasteiger partial charge in [-0.15, -0.1) is 0 Å². The Balaban J connectivity index is 1.40. The van der Waals surface area contributed by atoms with Crippen LogP contribution in [0.15, 0.2) is 47.5 Å². The molecular weight excluding hydrogens is 504 g/mol. The summed E-state index contributed by atoms with van der Waals surface area (Å²) in [5.41, 5.74) is 5.24. The molecule has 4 heterocycles. The minimum atomic E-state index is -0.522. The molecule has 2 N–H and O–H groups in total. The molecule has 0 radical (unpaired) electrons. The van der Waals surface area contributed by atoms with Crippen LogP contribution in [-0.4, -0.2) is 64.4 Å². The molecule has 3 aromatic heterocycles. The van der Waals surface area contributed by atoms with Gasteiger partial charge >= 0.3 is 5.97 Å². The Hall–Kier alpha value is -4.42. The third-order valence-electron chi connectivity index (χ3n) is 6.50. The summed E-state index contributed by atoms with van der Waals surface area (Å²) < 4.78 is 20.6. The van der Waals surface area contributed by atoms with Crippen LogP contribution in [0.1, 0.15) is 49.5 Å². The second-order valence-corrected chi connectivity index (χ2v) is 9.20. The lowest BCUT2D eigenvalue weighted by atomic mass is 9.92. The van der Waals surface area contributed by atoms with E-state index in [0.717, 1.165) is 23.3 Å². The van der Waals surface area contributed by atoms with E-state index < -0.39 is 11.9 Å². The summed E-state index contributed by atoms with van der Waals surface area (Å²) in [6.45, 7) is 2.82. The van der Waals surface area contributed by atoms with Gasteiger partial charge in [-0.3, -0.25) is 14.6 Å². The second-order valence-electron chi connectivity index (χ2n) is 9.20. The Morgan fingerprint density at radius 2 is 1.72 bits per heavy atom. The monoisotopic (exact) mass is 534 g/mol. The zero-order valence-corrected chi connectivity index (χ0v) is 22.2. The quantitative estimate of drug-likeness (QED) is 0.383. The molecule has 0 fully saturated rings. The zero-order valence-electron chi connectivity index (χ0n) is 22.2. The number of hydrogen-bond donors (Lipinski definition) is 2. The number of carbonyl (C=O) groups excluding carboxylic acids is 3. The first-order valence-corrected chi connectivity index (χ1v) is 12.5. The highest BCUT2D eigenvalue weighted by Gasteiger charge is 2.32. The van der Waals surface area contributed by atoms with Crippen molar-refractivity contribution in [2.75, 3.05) is 38.0 Å². The summed E-state index contributed by atoms with van der Waals surface area (Å²) in [4.78, 5) is 43.6. The summed E-state index contributed by atoms with van der Waals surface area (Å²) in [5, 5.41) is 5.99. The van der Waals surface area contributed by atoms with Crippen molar-refractivity contribution in [1.29, 1.82) is 0 Å². The number of rotatable bonds is 10. The lowest BCUT2D eigenvalue weighted by molar-refractivity contribution is 0.0494. The Labute approximate surface area is 224 Å². The number of amides is 1. The van der Waals surface area contributed by atoms with Crippen LogP contribution in [0.25, 0.3) is 0 Å². The Bertz CT molecular complexity index is 1520. The van der Waals surface area contributed by atoms with Crippen LogP contribution in [0, 0.1) is 0 Å². The number of ether oxygens (including phenoxy) is 3. The molecule has 0 saturated carbocycles. The van der Waals surface area contributed by atoms with Gasteiger partial charge in [-0.05, 0) is 37.1 Å². The summed E-state index contributed by atoms with van der Waals surface area (Å²) >= 11 is 0. The molecule has 2 aliphatic rings. The largest absolute Gasteiger partial charge is 0.461 e. The lowest BCUT2D eigenvalue weighted by Crippen LogP contribution is -2.25. The van der Waals surface area contributed by atoms with Gasteiger partial charge in [0.05, 0.1) is 29.4 Å². The summed E-state index contributed by atoms with van der Waals surface area (Å²) in [7, 11) is 4.88. The number of methoxy groups -OCH3 is 2. The number of esters is 1. The van der Waals surface area contributed by atoms with E-state index in [9.17, 15) is 14.4 Å². The van der Waals surface area contributed by atoms with Gasteiger partial charge in [-0.1, -0.05) is 0 Å². The zero-order chi connectivity index (χ0) is 27.7. The van der Waals surface area contributed by atoms with Crippen molar-refractivity contribution in [2.45, 2.75) is 26.8 Å². The molecule has 12 nitrogen and oxygen atoms in total. The highest BCUT2D eigenvalue weighted by atomic mass is 16.5. The first-order valence-electron chi connectivity index (χ1n) is 12.5. The van der Waals surface area contributed by atoms with Gasteiger partial charge in [-0.25, -0.2) is 4.79 Å². The van der Waals surface area contributed by atoms with Crippen molar-refractivity contribution >= 4 is 34.7 Å². The van der Waals surface area contributed by atoms with Crippen molar-refractivity contribution in [3.63, 3.8) is 0 Å². The molecule has 39 heavy (non-hydrogen) atoms. The SMILES string of the molecule is CCOC(=O)c1cc(NC(=O)c2cc(NC3=CC4=NCCc5cn(C)c(c54)C3=O)cn2COC)cn1COC. The number of carbonyl (C=O) groups is 3. The van der Waals surface area contributed by atoms with Crippen LogP contribution in [0.5, 0.6) is 0 Å².